The van der Waals surface area contributed by atoms with Crippen molar-refractivity contribution in [2.24, 2.45) is 0 Å². The fourth-order valence-corrected chi connectivity index (χ4v) is 11.7. The number of hydrogen-bond donors (Lipinski definition) is 0. The van der Waals surface area contributed by atoms with Crippen LogP contribution in [0.25, 0.3) is 99.3 Å². The largest absolute Gasteiger partial charge is 0.455 e. The minimum absolute atomic E-state index is 0.772. The standard InChI is InChI=1S/C63H38N2O2/c1-3-15-43(16-4-1)64-55-23-11-7-19-47(55)50-35-39(29-33-57(50)64)41-27-31-45-46-32-28-42(40-30-34-58-51(36-40)48-20-8-12-24-56(48)65(58)44-17-5-2-6-18-44)38-54(46)63(53(45)37-41)52-22-10-14-26-60(52)66-61-49-21-9-13-25-59(49)67-62(61)63/h1-38H. The number of furan rings is 1. The molecule has 0 atom stereocenters. The molecule has 0 radical (unpaired) electrons. The molecule has 1 aliphatic carbocycles. The number of para-hydroxylation sites is 6. The number of fused-ring (bicyclic) bond motifs is 17. The Morgan fingerprint density at radius 1 is 0.328 bits per heavy atom. The number of rotatable bonds is 4. The fraction of sp³-hybridized carbons (Fsp3) is 0.0159. The van der Waals surface area contributed by atoms with Gasteiger partial charge in [-0.25, -0.2) is 0 Å². The summed E-state index contributed by atoms with van der Waals surface area (Å²) in [4.78, 5) is 0. The van der Waals surface area contributed by atoms with E-state index in [0.29, 0.717) is 0 Å². The maximum atomic E-state index is 7.16. The molecular formula is C63H38N2O2. The van der Waals surface area contributed by atoms with Gasteiger partial charge in [0.1, 0.15) is 16.7 Å². The summed E-state index contributed by atoms with van der Waals surface area (Å²) >= 11 is 0. The summed E-state index contributed by atoms with van der Waals surface area (Å²) < 4.78 is 18.8. The van der Waals surface area contributed by atoms with E-state index < -0.39 is 5.41 Å². The van der Waals surface area contributed by atoms with Crippen LogP contribution in [0.2, 0.25) is 0 Å². The molecule has 0 saturated heterocycles. The average molecular weight is 855 g/mol. The highest BCUT2D eigenvalue weighted by atomic mass is 16.5. The molecule has 13 aromatic rings. The second kappa shape index (κ2) is 13.6. The van der Waals surface area contributed by atoms with Gasteiger partial charge in [-0.3, -0.25) is 0 Å². The lowest BCUT2D eigenvalue weighted by atomic mass is 9.68. The van der Waals surface area contributed by atoms with Crippen LogP contribution in [-0.2, 0) is 5.41 Å². The van der Waals surface area contributed by atoms with Gasteiger partial charge in [-0.2, -0.15) is 0 Å². The zero-order valence-electron chi connectivity index (χ0n) is 36.2. The van der Waals surface area contributed by atoms with E-state index in [1.165, 1.54) is 65.9 Å². The highest BCUT2D eigenvalue weighted by molar-refractivity contribution is 6.12. The van der Waals surface area contributed by atoms with Crippen molar-refractivity contribution < 1.29 is 9.15 Å². The van der Waals surface area contributed by atoms with Gasteiger partial charge in [-0.1, -0.05) is 140 Å². The van der Waals surface area contributed by atoms with Gasteiger partial charge in [0, 0.05) is 38.5 Å². The van der Waals surface area contributed by atoms with Crippen molar-refractivity contribution in [2.75, 3.05) is 0 Å². The van der Waals surface area contributed by atoms with Gasteiger partial charge in [0.25, 0.3) is 0 Å². The van der Waals surface area contributed by atoms with Gasteiger partial charge in [-0.05, 0) is 136 Å². The van der Waals surface area contributed by atoms with Crippen LogP contribution in [-0.4, -0.2) is 9.13 Å². The summed E-state index contributed by atoms with van der Waals surface area (Å²) in [5.41, 5.74) is 17.5. The number of benzene rings is 10. The van der Waals surface area contributed by atoms with E-state index in [9.17, 15) is 0 Å². The molecule has 0 fully saturated rings. The molecule has 312 valence electrons. The van der Waals surface area contributed by atoms with Crippen molar-refractivity contribution in [3.05, 3.63) is 253 Å². The molecule has 0 amide bonds. The molecule has 0 bridgehead atoms. The Morgan fingerprint density at radius 3 is 1.36 bits per heavy atom. The first-order valence-electron chi connectivity index (χ1n) is 23.0. The summed E-state index contributed by atoms with van der Waals surface area (Å²) in [6, 6.07) is 83.7. The van der Waals surface area contributed by atoms with Crippen LogP contribution in [0.1, 0.15) is 22.5 Å². The van der Waals surface area contributed by atoms with Gasteiger partial charge in [-0.15, -0.1) is 0 Å². The lowest BCUT2D eigenvalue weighted by Gasteiger charge is -2.36. The number of hydrogen-bond acceptors (Lipinski definition) is 2. The van der Waals surface area contributed by atoms with Crippen molar-refractivity contribution in [2.45, 2.75) is 5.41 Å². The average Bonchev–Trinajstić information content (AvgIpc) is 4.12. The molecule has 3 aromatic heterocycles. The SMILES string of the molecule is c1ccc(-n2c3ccccc3c3cc(-c4ccc5c(c4)C4(c6ccccc6Oc6c4oc4ccccc64)c4cc(-c6ccc7c(c6)c6ccccc6n7-c6ccccc6)ccc4-5)ccc32)cc1. The topological polar surface area (TPSA) is 32.2 Å². The second-order valence-corrected chi connectivity index (χ2v) is 18.0. The molecule has 15 rings (SSSR count). The summed E-state index contributed by atoms with van der Waals surface area (Å²) in [7, 11) is 0. The minimum atomic E-state index is -0.819. The minimum Gasteiger partial charge on any atom is -0.455 e. The summed E-state index contributed by atoms with van der Waals surface area (Å²) in [5.74, 6) is 2.42. The molecule has 4 nitrogen and oxygen atoms in total. The molecule has 2 aliphatic rings. The predicted molar refractivity (Wildman–Crippen MR) is 273 cm³/mol. The molecule has 67 heavy (non-hydrogen) atoms. The first-order valence-corrected chi connectivity index (χ1v) is 23.0. The summed E-state index contributed by atoms with van der Waals surface area (Å²) in [6.45, 7) is 0. The van der Waals surface area contributed by atoms with E-state index >= 15 is 0 Å². The molecule has 4 heterocycles. The van der Waals surface area contributed by atoms with Crippen LogP contribution in [0.5, 0.6) is 11.5 Å². The zero-order valence-corrected chi connectivity index (χ0v) is 36.2. The lowest BCUT2D eigenvalue weighted by Crippen LogP contribution is -2.31. The molecule has 0 N–H and O–H groups in total. The number of ether oxygens (including phenoxy) is 1. The van der Waals surface area contributed by atoms with Crippen molar-refractivity contribution in [1.29, 1.82) is 0 Å². The van der Waals surface area contributed by atoms with Gasteiger partial charge < -0.3 is 18.3 Å². The normalized spacial score (nSPS) is 13.3. The quantitative estimate of drug-likeness (QED) is 0.177. The number of aromatic nitrogens is 2. The van der Waals surface area contributed by atoms with Crippen molar-refractivity contribution in [3.63, 3.8) is 0 Å². The van der Waals surface area contributed by atoms with Crippen LogP contribution < -0.4 is 4.74 Å². The molecule has 1 spiro atoms. The predicted octanol–water partition coefficient (Wildman–Crippen LogP) is 16.4. The van der Waals surface area contributed by atoms with E-state index in [0.717, 1.165) is 67.4 Å². The highest BCUT2D eigenvalue weighted by Gasteiger charge is 2.54. The van der Waals surface area contributed by atoms with E-state index in [2.05, 4.69) is 234 Å². The van der Waals surface area contributed by atoms with Gasteiger partial charge in [0.15, 0.2) is 11.5 Å². The first-order chi connectivity index (χ1) is 33.2. The molecule has 0 unspecified atom stereocenters. The Labute approximate surface area is 385 Å². The highest BCUT2D eigenvalue weighted by Crippen LogP contribution is 2.64. The van der Waals surface area contributed by atoms with Crippen molar-refractivity contribution >= 4 is 54.6 Å². The summed E-state index contributed by atoms with van der Waals surface area (Å²) in [6.07, 6.45) is 0. The Morgan fingerprint density at radius 2 is 0.776 bits per heavy atom. The third-order valence-electron chi connectivity index (χ3n) is 14.6. The van der Waals surface area contributed by atoms with Crippen LogP contribution in [0.3, 0.4) is 0 Å². The van der Waals surface area contributed by atoms with Crippen LogP contribution in [0.4, 0.5) is 0 Å². The maximum absolute atomic E-state index is 7.16. The van der Waals surface area contributed by atoms with Crippen LogP contribution in [0.15, 0.2) is 235 Å². The lowest BCUT2D eigenvalue weighted by molar-refractivity contribution is 0.389. The molecule has 4 heteroatoms. The molecule has 0 saturated carbocycles. The molecular weight excluding hydrogens is 817 g/mol. The Hall–Kier alpha value is -8.86. The Bertz CT molecular complexity index is 3980. The third kappa shape index (κ3) is 4.96. The van der Waals surface area contributed by atoms with Crippen molar-refractivity contribution in [1.82, 2.24) is 9.13 Å². The third-order valence-corrected chi connectivity index (χ3v) is 14.6. The van der Waals surface area contributed by atoms with Gasteiger partial charge in [0.2, 0.25) is 0 Å². The van der Waals surface area contributed by atoms with E-state index in [1.54, 1.807) is 0 Å². The molecule has 1 aliphatic heterocycles. The van der Waals surface area contributed by atoms with Crippen molar-refractivity contribution in [3.8, 4) is 56.3 Å². The second-order valence-electron chi connectivity index (χ2n) is 18.0. The Kier molecular flexibility index (Phi) is 7.40. The first kappa shape index (κ1) is 36.5. The van der Waals surface area contributed by atoms with Gasteiger partial charge >= 0.3 is 0 Å². The summed E-state index contributed by atoms with van der Waals surface area (Å²) in [5, 5.41) is 5.87. The van der Waals surface area contributed by atoms with Crippen LogP contribution >= 0.6 is 0 Å². The smallest absolute Gasteiger partial charge is 0.178 e. The monoisotopic (exact) mass is 854 g/mol. The maximum Gasteiger partial charge on any atom is 0.178 e. The van der Waals surface area contributed by atoms with Crippen LogP contribution in [0, 0.1) is 0 Å². The zero-order chi connectivity index (χ0) is 43.8. The van der Waals surface area contributed by atoms with Gasteiger partial charge in [0.05, 0.1) is 27.5 Å². The molecule has 10 aromatic carbocycles. The fourth-order valence-electron chi connectivity index (χ4n) is 11.7. The van der Waals surface area contributed by atoms with E-state index in [-0.39, 0.29) is 0 Å². The van der Waals surface area contributed by atoms with E-state index in [4.69, 9.17) is 9.15 Å². The number of nitrogens with zero attached hydrogens (tertiary/aromatic N) is 2. The van der Waals surface area contributed by atoms with E-state index in [1.807, 2.05) is 6.07 Å². The Balaban J connectivity index is 0.972.